The van der Waals surface area contributed by atoms with Crippen molar-refractivity contribution in [2.45, 2.75) is 43.9 Å². The molecule has 1 aliphatic carbocycles. The SMILES string of the molecule is CCNC(=NCCCS(=O)(=O)c1ccccc1)N1CCC2(CCC2)C1.I. The number of benzene rings is 1. The van der Waals surface area contributed by atoms with Crippen LogP contribution in [0.15, 0.2) is 40.2 Å². The molecule has 1 saturated carbocycles. The molecule has 0 atom stereocenters. The Kier molecular flexibility index (Phi) is 7.76. The number of guanidine groups is 1. The molecule has 0 unspecified atom stereocenters. The summed E-state index contributed by atoms with van der Waals surface area (Å²) in [5.41, 5.74) is 0.535. The Hall–Kier alpha value is -0.830. The van der Waals surface area contributed by atoms with E-state index in [0.29, 0.717) is 23.3 Å². The Morgan fingerprint density at radius 2 is 1.96 bits per heavy atom. The zero-order chi connectivity index (χ0) is 17.8. The van der Waals surface area contributed by atoms with Crippen LogP contribution in [0.2, 0.25) is 0 Å². The van der Waals surface area contributed by atoms with Crippen molar-refractivity contribution in [2.75, 3.05) is 31.9 Å². The van der Waals surface area contributed by atoms with Gasteiger partial charge in [0.1, 0.15) is 0 Å². The monoisotopic (exact) mass is 491 g/mol. The number of halogens is 1. The smallest absolute Gasteiger partial charge is 0.193 e. The highest BCUT2D eigenvalue weighted by atomic mass is 127. The fourth-order valence-corrected chi connectivity index (χ4v) is 5.13. The molecule has 3 rings (SSSR count). The molecule has 0 radical (unpaired) electrons. The Morgan fingerprint density at radius 3 is 2.54 bits per heavy atom. The highest BCUT2D eigenvalue weighted by Gasteiger charge is 2.43. The lowest BCUT2D eigenvalue weighted by atomic mass is 9.68. The summed E-state index contributed by atoms with van der Waals surface area (Å²) >= 11 is 0. The molecule has 2 fully saturated rings. The summed E-state index contributed by atoms with van der Waals surface area (Å²) in [5.74, 6) is 1.09. The van der Waals surface area contributed by atoms with E-state index >= 15 is 0 Å². The van der Waals surface area contributed by atoms with Crippen LogP contribution in [0.4, 0.5) is 0 Å². The van der Waals surface area contributed by atoms with Crippen LogP contribution in [0.1, 0.15) is 39.0 Å². The number of hydrogen-bond donors (Lipinski definition) is 1. The van der Waals surface area contributed by atoms with E-state index in [9.17, 15) is 8.42 Å². The summed E-state index contributed by atoms with van der Waals surface area (Å²) in [5, 5.41) is 3.37. The first kappa shape index (κ1) is 21.5. The lowest BCUT2D eigenvalue weighted by molar-refractivity contribution is 0.151. The van der Waals surface area contributed by atoms with Crippen molar-refractivity contribution in [3.8, 4) is 0 Å². The van der Waals surface area contributed by atoms with Gasteiger partial charge in [-0.15, -0.1) is 24.0 Å². The van der Waals surface area contributed by atoms with Crippen LogP contribution in [0.5, 0.6) is 0 Å². The van der Waals surface area contributed by atoms with Gasteiger partial charge >= 0.3 is 0 Å². The van der Waals surface area contributed by atoms with Crippen LogP contribution in [-0.2, 0) is 9.84 Å². The van der Waals surface area contributed by atoms with Gasteiger partial charge in [0.05, 0.1) is 10.6 Å². The second kappa shape index (κ2) is 9.39. The Labute approximate surface area is 174 Å². The minimum absolute atomic E-state index is 0. The summed E-state index contributed by atoms with van der Waals surface area (Å²) in [6.07, 6.45) is 5.86. The maximum Gasteiger partial charge on any atom is 0.193 e. The zero-order valence-electron chi connectivity index (χ0n) is 15.5. The van der Waals surface area contributed by atoms with Gasteiger partial charge in [0.15, 0.2) is 15.8 Å². The lowest BCUT2D eigenvalue weighted by Crippen LogP contribution is -2.42. The molecule has 26 heavy (non-hydrogen) atoms. The third kappa shape index (κ3) is 5.12. The molecule has 146 valence electrons. The van der Waals surface area contributed by atoms with Crippen molar-refractivity contribution >= 4 is 39.8 Å². The fraction of sp³-hybridized carbons (Fsp3) is 0.632. The second-order valence-electron chi connectivity index (χ2n) is 7.25. The van der Waals surface area contributed by atoms with E-state index in [4.69, 9.17) is 0 Å². The molecular weight excluding hydrogens is 461 g/mol. The molecule has 1 saturated heterocycles. The van der Waals surface area contributed by atoms with E-state index in [0.717, 1.165) is 25.6 Å². The second-order valence-corrected chi connectivity index (χ2v) is 9.36. The van der Waals surface area contributed by atoms with E-state index < -0.39 is 9.84 Å². The molecule has 1 N–H and O–H groups in total. The van der Waals surface area contributed by atoms with Crippen molar-refractivity contribution < 1.29 is 8.42 Å². The maximum absolute atomic E-state index is 12.3. The summed E-state index contributed by atoms with van der Waals surface area (Å²) in [6, 6.07) is 8.67. The normalized spacial score (nSPS) is 19.1. The maximum atomic E-state index is 12.3. The van der Waals surface area contributed by atoms with E-state index in [1.807, 2.05) is 6.07 Å². The first-order valence-corrected chi connectivity index (χ1v) is 11.0. The standard InChI is InChI=1S/C19H29N3O2S.HI/c1-2-20-18(22-14-12-19(16-22)10-6-11-19)21-13-7-15-25(23,24)17-8-4-3-5-9-17;/h3-5,8-9H,2,6-7,10-16H2,1H3,(H,20,21);1H. The minimum Gasteiger partial charge on any atom is -0.357 e. The number of nitrogens with one attached hydrogen (secondary N) is 1. The van der Waals surface area contributed by atoms with Gasteiger partial charge < -0.3 is 10.2 Å². The van der Waals surface area contributed by atoms with Crippen LogP contribution in [0.3, 0.4) is 0 Å². The van der Waals surface area contributed by atoms with Crippen LogP contribution in [0, 0.1) is 5.41 Å². The van der Waals surface area contributed by atoms with Crippen LogP contribution >= 0.6 is 24.0 Å². The first-order chi connectivity index (χ1) is 12.0. The quantitative estimate of drug-likeness (QED) is 0.287. The van der Waals surface area contributed by atoms with Gasteiger partial charge in [0.25, 0.3) is 0 Å². The van der Waals surface area contributed by atoms with Crippen molar-refractivity contribution in [1.29, 1.82) is 0 Å². The van der Waals surface area contributed by atoms with Crippen molar-refractivity contribution in [3.05, 3.63) is 30.3 Å². The average Bonchev–Trinajstić information content (AvgIpc) is 3.04. The molecule has 7 heteroatoms. The molecule has 2 aliphatic rings. The fourth-order valence-electron chi connectivity index (χ4n) is 3.81. The van der Waals surface area contributed by atoms with Gasteiger partial charge in [-0.3, -0.25) is 4.99 Å². The summed E-state index contributed by atoms with van der Waals surface area (Å²) < 4.78 is 24.6. The largest absolute Gasteiger partial charge is 0.357 e. The third-order valence-corrected chi connectivity index (χ3v) is 7.24. The lowest BCUT2D eigenvalue weighted by Gasteiger charge is -2.38. The van der Waals surface area contributed by atoms with Gasteiger partial charge in [0.2, 0.25) is 0 Å². The summed E-state index contributed by atoms with van der Waals surface area (Å²) in [4.78, 5) is 7.44. The van der Waals surface area contributed by atoms with Gasteiger partial charge in [-0.1, -0.05) is 24.6 Å². The number of hydrogen-bond acceptors (Lipinski definition) is 3. The molecule has 1 aliphatic heterocycles. The number of rotatable bonds is 6. The Morgan fingerprint density at radius 1 is 1.23 bits per heavy atom. The molecule has 1 aromatic carbocycles. The van der Waals surface area contributed by atoms with Crippen LogP contribution in [0.25, 0.3) is 0 Å². The van der Waals surface area contributed by atoms with Crippen LogP contribution < -0.4 is 5.32 Å². The molecule has 5 nitrogen and oxygen atoms in total. The molecule has 0 bridgehead atoms. The molecular formula is C19H30IN3O2S. The van der Waals surface area contributed by atoms with E-state index in [-0.39, 0.29) is 29.7 Å². The summed E-state index contributed by atoms with van der Waals surface area (Å²) in [6.45, 7) is 5.61. The predicted octanol–water partition coefficient (Wildman–Crippen LogP) is 3.31. The van der Waals surface area contributed by atoms with Gasteiger partial charge in [-0.2, -0.15) is 0 Å². The number of sulfone groups is 1. The number of aliphatic imine (C=N–C) groups is 1. The van der Waals surface area contributed by atoms with Crippen molar-refractivity contribution in [3.63, 3.8) is 0 Å². The molecule has 0 amide bonds. The Balaban J connectivity index is 0.00000243. The summed E-state index contributed by atoms with van der Waals surface area (Å²) in [7, 11) is -3.21. The Bertz CT molecular complexity index is 703. The minimum atomic E-state index is -3.21. The molecule has 1 aromatic rings. The predicted molar refractivity (Wildman–Crippen MR) is 117 cm³/mol. The van der Waals surface area contributed by atoms with E-state index in [1.165, 1.54) is 25.7 Å². The third-order valence-electron chi connectivity index (χ3n) is 5.42. The molecule has 1 heterocycles. The highest BCUT2D eigenvalue weighted by Crippen LogP contribution is 2.47. The average molecular weight is 491 g/mol. The van der Waals surface area contributed by atoms with E-state index in [2.05, 4.69) is 22.1 Å². The van der Waals surface area contributed by atoms with Gasteiger partial charge in [0, 0.05) is 26.2 Å². The highest BCUT2D eigenvalue weighted by molar-refractivity contribution is 14.0. The number of likely N-dealkylation sites (tertiary alicyclic amines) is 1. The van der Waals surface area contributed by atoms with Gasteiger partial charge in [-0.25, -0.2) is 8.42 Å². The van der Waals surface area contributed by atoms with Crippen LogP contribution in [-0.4, -0.2) is 51.2 Å². The molecule has 0 aromatic heterocycles. The van der Waals surface area contributed by atoms with E-state index in [1.54, 1.807) is 24.3 Å². The number of nitrogens with zero attached hydrogens (tertiary/aromatic N) is 2. The first-order valence-electron chi connectivity index (χ1n) is 9.36. The van der Waals surface area contributed by atoms with Crippen molar-refractivity contribution in [2.24, 2.45) is 10.4 Å². The van der Waals surface area contributed by atoms with Gasteiger partial charge in [-0.05, 0) is 50.2 Å². The van der Waals surface area contributed by atoms with Crippen molar-refractivity contribution in [1.82, 2.24) is 10.2 Å². The topological polar surface area (TPSA) is 61.8 Å². The molecule has 1 spiro atoms. The zero-order valence-corrected chi connectivity index (χ0v) is 18.6.